The van der Waals surface area contributed by atoms with E-state index in [4.69, 9.17) is 4.74 Å². The molecule has 2 aromatic heterocycles. The lowest BCUT2D eigenvalue weighted by Crippen LogP contribution is -2.30. The van der Waals surface area contributed by atoms with Gasteiger partial charge in [0.15, 0.2) is 0 Å². The van der Waals surface area contributed by atoms with Gasteiger partial charge < -0.3 is 4.74 Å². The van der Waals surface area contributed by atoms with Crippen LogP contribution in [0.3, 0.4) is 0 Å². The molecule has 0 N–H and O–H groups in total. The Labute approximate surface area is 131 Å². The predicted octanol–water partition coefficient (Wildman–Crippen LogP) is 1.21. The Morgan fingerprint density at radius 1 is 1.27 bits per heavy atom. The molecule has 1 aliphatic heterocycles. The van der Waals surface area contributed by atoms with Gasteiger partial charge in [-0.05, 0) is 13.3 Å². The van der Waals surface area contributed by atoms with Gasteiger partial charge in [0, 0.05) is 56.8 Å². The number of hydrogen-bond acceptors (Lipinski definition) is 5. The number of ether oxygens (including phenoxy) is 1. The van der Waals surface area contributed by atoms with E-state index in [2.05, 4.69) is 26.2 Å². The van der Waals surface area contributed by atoms with Crippen LogP contribution in [-0.2, 0) is 24.8 Å². The summed E-state index contributed by atoms with van der Waals surface area (Å²) in [5, 5.41) is 4.24. The lowest BCUT2D eigenvalue weighted by atomic mass is 10.0. The summed E-state index contributed by atoms with van der Waals surface area (Å²) in [6.07, 6.45) is 8.64. The minimum absolute atomic E-state index is 0.455. The van der Waals surface area contributed by atoms with Gasteiger partial charge in [-0.25, -0.2) is 0 Å². The lowest BCUT2D eigenvalue weighted by molar-refractivity contribution is 0.121. The number of aromatic nitrogens is 4. The highest BCUT2D eigenvalue weighted by Gasteiger charge is 2.20. The first kappa shape index (κ1) is 15.1. The molecule has 0 saturated carbocycles. The molecule has 3 heterocycles. The Morgan fingerprint density at radius 2 is 2.18 bits per heavy atom. The van der Waals surface area contributed by atoms with Gasteiger partial charge in [0.1, 0.15) is 0 Å². The van der Waals surface area contributed by atoms with Crippen molar-refractivity contribution in [2.24, 2.45) is 13.0 Å². The Bertz CT molecular complexity index is 595. The second-order valence-corrected chi connectivity index (χ2v) is 6.05. The van der Waals surface area contributed by atoms with E-state index in [1.807, 2.05) is 37.2 Å². The molecule has 0 spiro atoms. The highest BCUT2D eigenvalue weighted by atomic mass is 16.5. The van der Waals surface area contributed by atoms with Gasteiger partial charge in [-0.3, -0.25) is 19.5 Å². The molecule has 0 radical (unpaired) electrons. The molecule has 0 unspecified atom stereocenters. The van der Waals surface area contributed by atoms with E-state index in [1.165, 1.54) is 5.56 Å². The second kappa shape index (κ2) is 6.98. The van der Waals surface area contributed by atoms with Crippen LogP contribution in [0.25, 0.3) is 0 Å². The molecular weight excluding hydrogens is 278 g/mol. The van der Waals surface area contributed by atoms with E-state index >= 15 is 0 Å². The monoisotopic (exact) mass is 301 g/mol. The van der Waals surface area contributed by atoms with E-state index in [9.17, 15) is 0 Å². The van der Waals surface area contributed by atoms with Crippen LogP contribution in [-0.4, -0.2) is 51.0 Å². The first-order chi connectivity index (χ1) is 10.7. The SMILES string of the molecule is Cc1cnc(C[C@H]2COCCN(Cc3cnn(C)c3)C2)cn1. The van der Waals surface area contributed by atoms with E-state index < -0.39 is 0 Å². The molecule has 1 saturated heterocycles. The van der Waals surface area contributed by atoms with Gasteiger partial charge in [-0.15, -0.1) is 0 Å². The van der Waals surface area contributed by atoms with E-state index in [0.29, 0.717) is 5.92 Å². The first-order valence-corrected chi connectivity index (χ1v) is 7.74. The molecule has 6 heteroatoms. The third-order valence-corrected chi connectivity index (χ3v) is 3.92. The number of nitrogens with zero attached hydrogens (tertiary/aromatic N) is 5. The Hall–Kier alpha value is -1.79. The highest BCUT2D eigenvalue weighted by Crippen LogP contribution is 2.14. The fourth-order valence-electron chi connectivity index (χ4n) is 2.85. The zero-order valence-electron chi connectivity index (χ0n) is 13.3. The minimum Gasteiger partial charge on any atom is -0.380 e. The lowest BCUT2D eigenvalue weighted by Gasteiger charge is -2.22. The summed E-state index contributed by atoms with van der Waals surface area (Å²) in [6.45, 7) is 6.44. The van der Waals surface area contributed by atoms with Crippen molar-refractivity contribution in [3.05, 3.63) is 41.7 Å². The van der Waals surface area contributed by atoms with Crippen LogP contribution in [0.5, 0.6) is 0 Å². The molecule has 0 amide bonds. The fourth-order valence-corrected chi connectivity index (χ4v) is 2.85. The van der Waals surface area contributed by atoms with Gasteiger partial charge in [0.25, 0.3) is 0 Å². The molecule has 118 valence electrons. The van der Waals surface area contributed by atoms with Crippen LogP contribution in [0.2, 0.25) is 0 Å². The summed E-state index contributed by atoms with van der Waals surface area (Å²) in [7, 11) is 1.95. The maximum atomic E-state index is 5.77. The zero-order chi connectivity index (χ0) is 15.4. The minimum atomic E-state index is 0.455. The summed E-state index contributed by atoms with van der Waals surface area (Å²) >= 11 is 0. The topological polar surface area (TPSA) is 56.1 Å². The third kappa shape index (κ3) is 4.11. The Kier molecular flexibility index (Phi) is 4.80. The van der Waals surface area contributed by atoms with Crippen molar-refractivity contribution >= 4 is 0 Å². The average Bonchev–Trinajstić information content (AvgIpc) is 2.78. The first-order valence-electron chi connectivity index (χ1n) is 7.74. The van der Waals surface area contributed by atoms with Crippen LogP contribution >= 0.6 is 0 Å². The van der Waals surface area contributed by atoms with E-state index in [0.717, 1.165) is 50.7 Å². The quantitative estimate of drug-likeness (QED) is 0.849. The normalized spacial score (nSPS) is 20.0. The van der Waals surface area contributed by atoms with E-state index in [-0.39, 0.29) is 0 Å². The summed E-state index contributed by atoms with van der Waals surface area (Å²) in [4.78, 5) is 11.2. The second-order valence-electron chi connectivity index (χ2n) is 6.05. The molecule has 1 atom stereocenters. The molecular formula is C16H23N5O. The van der Waals surface area contributed by atoms with Crippen LogP contribution in [0, 0.1) is 12.8 Å². The highest BCUT2D eigenvalue weighted by molar-refractivity contribution is 5.04. The summed E-state index contributed by atoms with van der Waals surface area (Å²) in [5.41, 5.74) is 3.25. The summed E-state index contributed by atoms with van der Waals surface area (Å²) in [5.74, 6) is 0.455. The van der Waals surface area contributed by atoms with Crippen LogP contribution in [0.4, 0.5) is 0 Å². The summed E-state index contributed by atoms with van der Waals surface area (Å²) in [6, 6.07) is 0. The van der Waals surface area contributed by atoms with Crippen molar-refractivity contribution in [3.8, 4) is 0 Å². The largest absolute Gasteiger partial charge is 0.380 e. The zero-order valence-corrected chi connectivity index (χ0v) is 13.3. The van der Waals surface area contributed by atoms with Crippen molar-refractivity contribution in [2.45, 2.75) is 19.9 Å². The Morgan fingerprint density at radius 3 is 2.91 bits per heavy atom. The standard InChI is InChI=1S/C16H23N5O/c1-13-6-18-16(8-17-13)5-14-10-21(3-4-22-12-14)11-15-7-19-20(2)9-15/h6-9,14H,3-5,10-12H2,1-2H3/t14-/m1/s1. The number of rotatable bonds is 4. The van der Waals surface area contributed by atoms with Crippen molar-refractivity contribution in [3.63, 3.8) is 0 Å². The van der Waals surface area contributed by atoms with Crippen LogP contribution < -0.4 is 0 Å². The van der Waals surface area contributed by atoms with Crippen LogP contribution in [0.15, 0.2) is 24.8 Å². The number of aryl methyl sites for hydroxylation is 2. The van der Waals surface area contributed by atoms with Gasteiger partial charge >= 0.3 is 0 Å². The van der Waals surface area contributed by atoms with Gasteiger partial charge in [0.05, 0.1) is 30.8 Å². The van der Waals surface area contributed by atoms with Gasteiger partial charge in [-0.2, -0.15) is 5.10 Å². The summed E-state index contributed by atoms with van der Waals surface area (Å²) < 4.78 is 7.62. The predicted molar refractivity (Wildman–Crippen MR) is 83.3 cm³/mol. The smallest absolute Gasteiger partial charge is 0.0593 e. The molecule has 3 rings (SSSR count). The van der Waals surface area contributed by atoms with E-state index in [1.54, 1.807) is 0 Å². The molecule has 0 bridgehead atoms. The molecule has 0 aliphatic carbocycles. The van der Waals surface area contributed by atoms with Crippen LogP contribution in [0.1, 0.15) is 17.0 Å². The van der Waals surface area contributed by atoms with Crippen molar-refractivity contribution in [1.29, 1.82) is 0 Å². The average molecular weight is 301 g/mol. The molecule has 6 nitrogen and oxygen atoms in total. The maximum Gasteiger partial charge on any atom is 0.0593 e. The molecule has 1 aliphatic rings. The molecule has 0 aromatic carbocycles. The van der Waals surface area contributed by atoms with Gasteiger partial charge in [0.2, 0.25) is 0 Å². The van der Waals surface area contributed by atoms with Crippen molar-refractivity contribution < 1.29 is 4.74 Å². The van der Waals surface area contributed by atoms with Gasteiger partial charge in [-0.1, -0.05) is 0 Å². The molecule has 1 fully saturated rings. The number of hydrogen-bond donors (Lipinski definition) is 0. The Balaban J connectivity index is 1.60. The van der Waals surface area contributed by atoms with Crippen molar-refractivity contribution in [1.82, 2.24) is 24.6 Å². The molecule has 2 aromatic rings. The maximum absolute atomic E-state index is 5.77. The fraction of sp³-hybridized carbons (Fsp3) is 0.562. The van der Waals surface area contributed by atoms with Crippen molar-refractivity contribution in [2.75, 3.05) is 26.3 Å². The third-order valence-electron chi connectivity index (χ3n) is 3.92. The molecule has 22 heavy (non-hydrogen) atoms.